The van der Waals surface area contributed by atoms with Crippen LogP contribution in [0.1, 0.15) is 22.8 Å². The lowest BCUT2D eigenvalue weighted by atomic mass is 10.1. The molecule has 152 valence electrons. The number of carbonyl (C=O) groups excluding carboxylic acids is 3. The third-order valence-corrected chi connectivity index (χ3v) is 4.87. The minimum atomic E-state index is -0.265. The zero-order chi connectivity index (χ0) is 20.8. The molecular formula is C22H26N4O3. The van der Waals surface area contributed by atoms with E-state index < -0.39 is 0 Å². The number of amides is 3. The van der Waals surface area contributed by atoms with E-state index >= 15 is 0 Å². The molecule has 29 heavy (non-hydrogen) atoms. The van der Waals surface area contributed by atoms with Crippen molar-refractivity contribution in [1.82, 2.24) is 9.80 Å². The molecule has 7 heteroatoms. The zero-order valence-electron chi connectivity index (χ0n) is 16.8. The Morgan fingerprint density at radius 1 is 0.897 bits per heavy atom. The fraction of sp³-hybridized carbons (Fsp3) is 0.318. The number of hydrogen-bond acceptors (Lipinski definition) is 4. The lowest BCUT2D eigenvalue weighted by Gasteiger charge is -2.32. The van der Waals surface area contributed by atoms with E-state index in [0.29, 0.717) is 23.4 Å². The highest BCUT2D eigenvalue weighted by molar-refractivity contribution is 6.05. The molecule has 0 bridgehead atoms. The van der Waals surface area contributed by atoms with E-state index in [1.54, 1.807) is 36.4 Å². The Morgan fingerprint density at radius 2 is 1.59 bits per heavy atom. The number of carbonyl (C=O) groups is 3. The summed E-state index contributed by atoms with van der Waals surface area (Å²) in [6, 6.07) is 14.1. The first-order valence-corrected chi connectivity index (χ1v) is 9.65. The standard InChI is InChI=1S/C22H26N4O3/c1-16(27)23-20-5-3-4-18(15-20)22(29)24-19-8-6-17(7-9-19)14-21(28)26-12-10-25(2)11-13-26/h3-9,15H,10-14H2,1-2H3,(H,23,27)(H,24,29). The van der Waals surface area contributed by atoms with Crippen LogP contribution in [-0.4, -0.2) is 60.7 Å². The number of piperazine rings is 1. The minimum Gasteiger partial charge on any atom is -0.340 e. The van der Waals surface area contributed by atoms with E-state index in [9.17, 15) is 14.4 Å². The lowest BCUT2D eigenvalue weighted by molar-refractivity contribution is -0.132. The van der Waals surface area contributed by atoms with Gasteiger partial charge in [-0.15, -0.1) is 0 Å². The highest BCUT2D eigenvalue weighted by Gasteiger charge is 2.19. The maximum atomic E-state index is 12.5. The summed E-state index contributed by atoms with van der Waals surface area (Å²) in [7, 11) is 2.06. The molecule has 0 radical (unpaired) electrons. The number of nitrogens with one attached hydrogen (secondary N) is 2. The van der Waals surface area contributed by atoms with E-state index in [2.05, 4.69) is 22.6 Å². The number of anilines is 2. The predicted octanol–water partition coefficient (Wildman–Crippen LogP) is 2.21. The molecule has 0 atom stereocenters. The SMILES string of the molecule is CC(=O)Nc1cccc(C(=O)Nc2ccc(CC(=O)N3CCN(C)CC3)cc2)c1. The van der Waals surface area contributed by atoms with Gasteiger partial charge in [-0.3, -0.25) is 14.4 Å². The Bertz CT molecular complexity index is 887. The first-order chi connectivity index (χ1) is 13.9. The van der Waals surface area contributed by atoms with E-state index in [0.717, 1.165) is 31.7 Å². The van der Waals surface area contributed by atoms with Gasteiger partial charge in [-0.25, -0.2) is 0 Å². The largest absolute Gasteiger partial charge is 0.340 e. The Kier molecular flexibility index (Phi) is 6.61. The average Bonchev–Trinajstić information content (AvgIpc) is 2.69. The quantitative estimate of drug-likeness (QED) is 0.815. The normalized spacial score (nSPS) is 14.3. The minimum absolute atomic E-state index is 0.129. The van der Waals surface area contributed by atoms with Crippen LogP contribution in [0.3, 0.4) is 0 Å². The summed E-state index contributed by atoms with van der Waals surface area (Å²) in [6.45, 7) is 4.75. The Balaban J connectivity index is 1.57. The third-order valence-electron chi connectivity index (χ3n) is 4.87. The summed E-state index contributed by atoms with van der Waals surface area (Å²) in [5, 5.41) is 5.50. The maximum absolute atomic E-state index is 12.5. The van der Waals surface area contributed by atoms with Gasteiger partial charge in [-0.2, -0.15) is 0 Å². The van der Waals surface area contributed by atoms with Gasteiger partial charge < -0.3 is 20.4 Å². The van der Waals surface area contributed by atoms with E-state index in [1.165, 1.54) is 6.92 Å². The van der Waals surface area contributed by atoms with Gasteiger partial charge in [0, 0.05) is 50.0 Å². The second-order valence-corrected chi connectivity index (χ2v) is 7.27. The molecule has 2 aromatic carbocycles. The summed E-state index contributed by atoms with van der Waals surface area (Å²) in [4.78, 5) is 40.2. The van der Waals surface area contributed by atoms with Crippen LogP contribution in [0, 0.1) is 0 Å². The smallest absolute Gasteiger partial charge is 0.255 e. The second kappa shape index (κ2) is 9.34. The molecule has 1 fully saturated rings. The van der Waals surface area contributed by atoms with Crippen LogP contribution in [0.25, 0.3) is 0 Å². The number of likely N-dealkylation sites (N-methyl/N-ethyl adjacent to an activating group) is 1. The Hall–Kier alpha value is -3.19. The van der Waals surface area contributed by atoms with Crippen molar-refractivity contribution in [2.45, 2.75) is 13.3 Å². The summed E-state index contributed by atoms with van der Waals surface area (Å²) < 4.78 is 0. The van der Waals surface area contributed by atoms with Crippen molar-refractivity contribution in [3.8, 4) is 0 Å². The Morgan fingerprint density at radius 3 is 2.24 bits per heavy atom. The fourth-order valence-corrected chi connectivity index (χ4v) is 3.19. The first-order valence-electron chi connectivity index (χ1n) is 9.65. The average molecular weight is 394 g/mol. The molecule has 3 rings (SSSR count). The topological polar surface area (TPSA) is 81.8 Å². The highest BCUT2D eigenvalue weighted by atomic mass is 16.2. The molecule has 2 N–H and O–H groups in total. The number of benzene rings is 2. The fourth-order valence-electron chi connectivity index (χ4n) is 3.19. The van der Waals surface area contributed by atoms with Crippen molar-refractivity contribution in [2.24, 2.45) is 0 Å². The molecule has 1 saturated heterocycles. The van der Waals surface area contributed by atoms with Crippen LogP contribution in [-0.2, 0) is 16.0 Å². The summed E-state index contributed by atoms with van der Waals surface area (Å²) in [6.07, 6.45) is 0.358. The van der Waals surface area contributed by atoms with E-state index in [4.69, 9.17) is 0 Å². The molecule has 1 aliphatic rings. The molecule has 7 nitrogen and oxygen atoms in total. The van der Waals surface area contributed by atoms with Gasteiger partial charge in [-0.05, 0) is 42.9 Å². The van der Waals surface area contributed by atoms with Crippen molar-refractivity contribution >= 4 is 29.1 Å². The monoisotopic (exact) mass is 394 g/mol. The van der Waals surface area contributed by atoms with E-state index in [1.807, 2.05) is 17.0 Å². The molecule has 0 unspecified atom stereocenters. The highest BCUT2D eigenvalue weighted by Crippen LogP contribution is 2.15. The molecule has 0 spiro atoms. The molecule has 0 aromatic heterocycles. The molecule has 1 aliphatic heterocycles. The van der Waals surface area contributed by atoms with Gasteiger partial charge in [0.1, 0.15) is 0 Å². The van der Waals surface area contributed by atoms with Gasteiger partial charge in [0.2, 0.25) is 11.8 Å². The van der Waals surface area contributed by atoms with Gasteiger partial charge in [-0.1, -0.05) is 18.2 Å². The van der Waals surface area contributed by atoms with Crippen LogP contribution in [0.2, 0.25) is 0 Å². The van der Waals surface area contributed by atoms with Crippen LogP contribution < -0.4 is 10.6 Å². The molecule has 1 heterocycles. The van der Waals surface area contributed by atoms with Crippen molar-refractivity contribution in [2.75, 3.05) is 43.9 Å². The van der Waals surface area contributed by atoms with Crippen molar-refractivity contribution in [3.63, 3.8) is 0 Å². The third kappa shape index (κ3) is 5.89. The second-order valence-electron chi connectivity index (χ2n) is 7.27. The van der Waals surface area contributed by atoms with Gasteiger partial charge in [0.15, 0.2) is 0 Å². The van der Waals surface area contributed by atoms with Crippen LogP contribution >= 0.6 is 0 Å². The Labute approximate surface area is 170 Å². The summed E-state index contributed by atoms with van der Waals surface area (Å²) in [5.41, 5.74) is 2.59. The van der Waals surface area contributed by atoms with Crippen molar-refractivity contribution in [3.05, 3.63) is 59.7 Å². The number of rotatable bonds is 5. The van der Waals surface area contributed by atoms with Gasteiger partial charge in [0.25, 0.3) is 5.91 Å². The summed E-state index contributed by atoms with van der Waals surface area (Å²) in [5.74, 6) is -0.326. The van der Waals surface area contributed by atoms with E-state index in [-0.39, 0.29) is 17.7 Å². The van der Waals surface area contributed by atoms with Crippen molar-refractivity contribution < 1.29 is 14.4 Å². The lowest BCUT2D eigenvalue weighted by Crippen LogP contribution is -2.47. The summed E-state index contributed by atoms with van der Waals surface area (Å²) >= 11 is 0. The van der Waals surface area contributed by atoms with Crippen LogP contribution in [0.4, 0.5) is 11.4 Å². The molecule has 3 amide bonds. The molecule has 2 aromatic rings. The molecule has 0 saturated carbocycles. The number of hydrogen-bond donors (Lipinski definition) is 2. The van der Waals surface area contributed by atoms with Crippen LogP contribution in [0.15, 0.2) is 48.5 Å². The van der Waals surface area contributed by atoms with Gasteiger partial charge in [0.05, 0.1) is 6.42 Å². The van der Waals surface area contributed by atoms with Crippen LogP contribution in [0.5, 0.6) is 0 Å². The molecule has 0 aliphatic carbocycles. The first kappa shape index (κ1) is 20.5. The maximum Gasteiger partial charge on any atom is 0.255 e. The predicted molar refractivity (Wildman–Crippen MR) is 113 cm³/mol. The van der Waals surface area contributed by atoms with Gasteiger partial charge >= 0.3 is 0 Å². The van der Waals surface area contributed by atoms with Crippen molar-refractivity contribution in [1.29, 1.82) is 0 Å². The zero-order valence-corrected chi connectivity index (χ0v) is 16.8. The molecular weight excluding hydrogens is 368 g/mol. The number of nitrogens with zero attached hydrogens (tertiary/aromatic N) is 2.